The molecule has 5 rings (SSSR count). The fraction of sp³-hybridized carbons (Fsp3) is 0.800. The van der Waals surface area contributed by atoms with Crippen LogP contribution in [0.25, 0.3) is 0 Å². The van der Waals surface area contributed by atoms with Crippen molar-refractivity contribution in [3.63, 3.8) is 0 Å². The van der Waals surface area contributed by atoms with Crippen molar-refractivity contribution in [2.75, 3.05) is 13.2 Å². The second kappa shape index (κ2) is 12.2. The minimum absolute atomic E-state index is 0.00821. The van der Waals surface area contributed by atoms with E-state index in [1.165, 1.54) is 42.4 Å². The van der Waals surface area contributed by atoms with Crippen molar-refractivity contribution in [2.45, 2.75) is 128 Å². The number of nitrogens with zero attached hydrogens (tertiary/aromatic N) is 1. The van der Waals surface area contributed by atoms with E-state index in [4.69, 9.17) is 4.74 Å². The Hall–Kier alpha value is -1.03. The van der Waals surface area contributed by atoms with Crippen molar-refractivity contribution < 1.29 is 13.2 Å². The molecule has 0 amide bonds. The van der Waals surface area contributed by atoms with Crippen LogP contribution in [0.3, 0.4) is 0 Å². The summed E-state index contributed by atoms with van der Waals surface area (Å²) in [6.07, 6.45) is 9.81. The number of hydrogen-bond acceptors (Lipinski definition) is 6. The minimum Gasteiger partial charge on any atom is -0.362 e. The van der Waals surface area contributed by atoms with Crippen molar-refractivity contribution in [2.24, 2.45) is 11.8 Å². The van der Waals surface area contributed by atoms with Crippen LogP contribution in [-0.2, 0) is 14.8 Å². The van der Waals surface area contributed by atoms with Gasteiger partial charge in [-0.15, -0.1) is 0 Å². The van der Waals surface area contributed by atoms with E-state index < -0.39 is 16.3 Å². The number of aryl methyl sites for hydroxylation is 2. The zero-order chi connectivity index (χ0) is 26.9. The van der Waals surface area contributed by atoms with Crippen molar-refractivity contribution in [1.29, 1.82) is 0 Å². The van der Waals surface area contributed by atoms with Crippen molar-refractivity contribution in [3.05, 3.63) is 34.9 Å². The van der Waals surface area contributed by atoms with Crippen LogP contribution in [-0.4, -0.2) is 56.3 Å². The van der Waals surface area contributed by atoms with Crippen molar-refractivity contribution in [1.82, 2.24) is 20.3 Å². The Labute approximate surface area is 230 Å². The lowest BCUT2D eigenvalue weighted by Gasteiger charge is -2.42. The highest BCUT2D eigenvalue weighted by molar-refractivity contribution is 7.90. The van der Waals surface area contributed by atoms with E-state index in [1.807, 2.05) is 0 Å². The van der Waals surface area contributed by atoms with Crippen molar-refractivity contribution >= 4 is 10.0 Å². The molecule has 2 saturated carbocycles. The molecule has 6 atom stereocenters. The minimum atomic E-state index is -3.49. The fourth-order valence-corrected chi connectivity index (χ4v) is 9.36. The van der Waals surface area contributed by atoms with Gasteiger partial charge in [0.1, 0.15) is 12.5 Å². The summed E-state index contributed by atoms with van der Waals surface area (Å²) < 4.78 is 37.1. The lowest BCUT2D eigenvalue weighted by Crippen LogP contribution is -2.64. The predicted molar refractivity (Wildman–Crippen MR) is 153 cm³/mol. The number of fused-ring (bicyclic) bond motifs is 4. The zero-order valence-corrected chi connectivity index (χ0v) is 24.7. The molecule has 3 N–H and O–H groups in total. The fourth-order valence-electron chi connectivity index (χ4n) is 7.70. The van der Waals surface area contributed by atoms with E-state index in [2.05, 4.69) is 66.1 Å². The van der Waals surface area contributed by atoms with Gasteiger partial charge in [-0.3, -0.25) is 15.5 Å². The summed E-state index contributed by atoms with van der Waals surface area (Å²) in [4.78, 5) is 2.76. The van der Waals surface area contributed by atoms with Gasteiger partial charge in [0.05, 0.1) is 11.9 Å². The third-order valence-electron chi connectivity index (χ3n) is 9.48. The number of ether oxygens (including phenoxy) is 1. The Kier molecular flexibility index (Phi) is 9.17. The molecule has 5 unspecified atom stereocenters. The molecule has 8 heteroatoms. The summed E-state index contributed by atoms with van der Waals surface area (Å²) >= 11 is 0. The highest BCUT2D eigenvalue weighted by Gasteiger charge is 2.40. The summed E-state index contributed by atoms with van der Waals surface area (Å²) in [6, 6.07) is 7.34. The highest BCUT2D eigenvalue weighted by Crippen LogP contribution is 2.35. The molecule has 4 aliphatic rings. The Morgan fingerprint density at radius 3 is 2.45 bits per heavy atom. The summed E-state index contributed by atoms with van der Waals surface area (Å²) in [6.45, 7) is 10.6. The Bertz CT molecular complexity index is 1020. The number of hydrogen-bond donors (Lipinski definition) is 3. The maximum absolute atomic E-state index is 13.7. The zero-order valence-electron chi connectivity index (χ0n) is 23.9. The molecule has 0 aromatic heterocycles. The van der Waals surface area contributed by atoms with Crippen LogP contribution in [0.4, 0.5) is 0 Å². The largest absolute Gasteiger partial charge is 0.362 e. The molecular weight excluding hydrogens is 496 g/mol. The molecule has 0 radical (unpaired) electrons. The molecule has 4 fully saturated rings. The topological polar surface area (TPSA) is 82.7 Å². The van der Waals surface area contributed by atoms with E-state index >= 15 is 0 Å². The highest BCUT2D eigenvalue weighted by atomic mass is 32.2. The molecular formula is C30H50N4O3S. The molecule has 2 aliphatic carbocycles. The molecule has 2 heterocycles. The number of benzene rings is 1. The number of rotatable bonds is 4. The number of nitrogens with one attached hydrogen (secondary N) is 3. The van der Waals surface area contributed by atoms with Crippen LogP contribution in [0.15, 0.2) is 18.2 Å². The standard InChI is InChI=1S/C30H50N4O3S/c1-20(2)15-25-19-37-28-17-27(29-21(3)9-7-10-22(29)4)31-30(32-28)33-38(35,36)26-14-8-11-23(16-26)18-34(25)24-12-5-6-13-24/h7,9-10,20,23-28,30-33H,5-6,8,11-19H2,1-4H3/t23?,25-,26?,27?,28?,30?/m1/s1. The van der Waals surface area contributed by atoms with Gasteiger partial charge >= 0.3 is 0 Å². The van der Waals surface area contributed by atoms with E-state index in [-0.39, 0.29) is 17.5 Å². The summed E-state index contributed by atoms with van der Waals surface area (Å²) in [5.74, 6) is 1.00. The van der Waals surface area contributed by atoms with Crippen LogP contribution < -0.4 is 15.4 Å². The Morgan fingerprint density at radius 1 is 1.00 bits per heavy atom. The Morgan fingerprint density at radius 2 is 1.74 bits per heavy atom. The van der Waals surface area contributed by atoms with Crippen LogP contribution in [0.5, 0.6) is 0 Å². The molecule has 1 aromatic carbocycles. The van der Waals surface area contributed by atoms with Gasteiger partial charge in [0.2, 0.25) is 10.0 Å². The second-order valence-electron chi connectivity index (χ2n) is 12.9. The lowest BCUT2D eigenvalue weighted by molar-refractivity contribution is -0.0538. The van der Waals surface area contributed by atoms with Gasteiger partial charge in [-0.05, 0) is 80.9 Å². The summed E-state index contributed by atoms with van der Waals surface area (Å²) in [5, 5.41) is 6.73. The van der Waals surface area contributed by atoms with Crippen LogP contribution in [0.2, 0.25) is 0 Å². The molecule has 7 nitrogen and oxygen atoms in total. The third-order valence-corrected chi connectivity index (χ3v) is 11.4. The smallest absolute Gasteiger partial charge is 0.216 e. The molecule has 2 saturated heterocycles. The first-order chi connectivity index (χ1) is 18.2. The van der Waals surface area contributed by atoms with Gasteiger partial charge in [0.25, 0.3) is 0 Å². The summed E-state index contributed by atoms with van der Waals surface area (Å²) in [5.41, 5.74) is 3.70. The molecule has 38 heavy (non-hydrogen) atoms. The second-order valence-corrected chi connectivity index (χ2v) is 14.9. The van der Waals surface area contributed by atoms with Gasteiger partial charge in [-0.2, -0.15) is 4.72 Å². The first-order valence-corrected chi connectivity index (χ1v) is 16.7. The van der Waals surface area contributed by atoms with E-state index in [1.54, 1.807) is 0 Å². The monoisotopic (exact) mass is 546 g/mol. The third kappa shape index (κ3) is 6.64. The van der Waals surface area contributed by atoms with Crippen LogP contribution >= 0.6 is 0 Å². The van der Waals surface area contributed by atoms with E-state index in [0.29, 0.717) is 30.5 Å². The first kappa shape index (κ1) is 28.5. The van der Waals surface area contributed by atoms with Gasteiger partial charge in [0.15, 0.2) is 0 Å². The molecule has 0 spiro atoms. The number of sulfonamides is 1. The average molecular weight is 547 g/mol. The summed E-state index contributed by atoms with van der Waals surface area (Å²) in [7, 11) is -3.49. The maximum Gasteiger partial charge on any atom is 0.216 e. The van der Waals surface area contributed by atoms with Gasteiger partial charge in [0, 0.05) is 31.1 Å². The SMILES string of the molecule is Cc1cccc(C)c1C1CC2NC(N1)NS(=O)(=O)C1CCCC(C1)CN(C1CCCC1)[C@H](CC(C)C)CO2. The van der Waals surface area contributed by atoms with E-state index in [9.17, 15) is 8.42 Å². The first-order valence-electron chi connectivity index (χ1n) is 15.2. The van der Waals surface area contributed by atoms with Gasteiger partial charge < -0.3 is 4.74 Å². The van der Waals surface area contributed by atoms with Crippen LogP contribution in [0, 0.1) is 25.7 Å². The molecule has 2 aliphatic heterocycles. The molecule has 1 aromatic rings. The normalized spacial score (nSPS) is 35.4. The molecule has 214 valence electrons. The average Bonchev–Trinajstić information content (AvgIpc) is 3.39. The van der Waals surface area contributed by atoms with Crippen molar-refractivity contribution in [3.8, 4) is 0 Å². The maximum atomic E-state index is 13.7. The lowest BCUT2D eigenvalue weighted by atomic mass is 9.87. The quantitative estimate of drug-likeness (QED) is 0.508. The van der Waals surface area contributed by atoms with E-state index in [0.717, 1.165) is 45.1 Å². The van der Waals surface area contributed by atoms with Gasteiger partial charge in [-0.1, -0.05) is 51.3 Å². The molecule has 4 bridgehead atoms. The Balaban J connectivity index is 1.48. The predicted octanol–water partition coefficient (Wildman–Crippen LogP) is 4.70. The van der Waals surface area contributed by atoms with Gasteiger partial charge in [-0.25, -0.2) is 8.42 Å². The van der Waals surface area contributed by atoms with Crippen LogP contribution in [0.1, 0.15) is 101 Å².